The number of ether oxygens (including phenoxy) is 1. The molecule has 1 heterocycles. The fraction of sp³-hybridized carbons (Fsp3) is 0.538. The summed E-state index contributed by atoms with van der Waals surface area (Å²) in [5, 5.41) is 11.3. The molecule has 1 amide bonds. The van der Waals surface area contributed by atoms with Gasteiger partial charge in [-0.15, -0.1) is 0 Å². The molecule has 0 aromatic carbocycles. The van der Waals surface area contributed by atoms with Gasteiger partial charge in [0.2, 0.25) is 5.95 Å². The molecule has 1 saturated carbocycles. The summed E-state index contributed by atoms with van der Waals surface area (Å²) >= 11 is 0. The van der Waals surface area contributed by atoms with Gasteiger partial charge in [-0.1, -0.05) is 0 Å². The number of carboxylic acids is 1. The molecule has 0 saturated heterocycles. The van der Waals surface area contributed by atoms with E-state index >= 15 is 0 Å². The molecular weight excluding hydrogens is 262 g/mol. The lowest BCUT2D eigenvalue weighted by Gasteiger charge is -2.19. The first-order valence-electron chi connectivity index (χ1n) is 6.31. The molecular formula is C13H17N3O4. The molecule has 1 aromatic rings. The highest BCUT2D eigenvalue weighted by molar-refractivity contribution is 5.82. The molecule has 108 valence electrons. The summed E-state index contributed by atoms with van der Waals surface area (Å²) in [7, 11) is 0. The lowest BCUT2D eigenvalue weighted by molar-refractivity contribution is -0.138. The lowest BCUT2D eigenvalue weighted by atomic mass is 10.2. The van der Waals surface area contributed by atoms with E-state index in [9.17, 15) is 9.59 Å². The normalized spacial score (nSPS) is 21.1. The summed E-state index contributed by atoms with van der Waals surface area (Å²) in [5.74, 6) is -1.03. The molecule has 2 rings (SSSR count). The Labute approximate surface area is 116 Å². The molecule has 1 aliphatic carbocycles. The van der Waals surface area contributed by atoms with E-state index in [1.807, 2.05) is 0 Å². The predicted octanol–water partition coefficient (Wildman–Crippen LogP) is 2.01. The van der Waals surface area contributed by atoms with Crippen molar-refractivity contribution in [3.8, 4) is 0 Å². The number of nitrogens with zero attached hydrogens (tertiary/aromatic N) is 2. The number of amides is 1. The predicted molar refractivity (Wildman–Crippen MR) is 70.4 cm³/mol. The Morgan fingerprint density at radius 3 is 2.40 bits per heavy atom. The van der Waals surface area contributed by atoms with Gasteiger partial charge in [0.15, 0.2) is 0 Å². The summed E-state index contributed by atoms with van der Waals surface area (Å²) in [6.45, 7) is 5.28. The van der Waals surface area contributed by atoms with Crippen LogP contribution < -0.4 is 5.32 Å². The highest BCUT2D eigenvalue weighted by atomic mass is 16.6. The van der Waals surface area contributed by atoms with Gasteiger partial charge in [-0.25, -0.2) is 14.8 Å². The average molecular weight is 279 g/mol. The van der Waals surface area contributed by atoms with Gasteiger partial charge in [0.25, 0.3) is 0 Å². The first-order valence-corrected chi connectivity index (χ1v) is 6.31. The van der Waals surface area contributed by atoms with E-state index in [0.29, 0.717) is 6.42 Å². The van der Waals surface area contributed by atoms with Crippen LogP contribution in [0.2, 0.25) is 0 Å². The highest BCUT2D eigenvalue weighted by Gasteiger charge is 2.44. The van der Waals surface area contributed by atoms with Crippen molar-refractivity contribution in [3.63, 3.8) is 0 Å². The van der Waals surface area contributed by atoms with Crippen LogP contribution in [-0.4, -0.2) is 32.7 Å². The van der Waals surface area contributed by atoms with Crippen LogP contribution in [0.1, 0.15) is 38.7 Å². The van der Waals surface area contributed by atoms with E-state index in [2.05, 4.69) is 15.3 Å². The van der Waals surface area contributed by atoms with Crippen molar-refractivity contribution in [2.45, 2.75) is 38.7 Å². The van der Waals surface area contributed by atoms with Gasteiger partial charge < -0.3 is 9.84 Å². The van der Waals surface area contributed by atoms with Gasteiger partial charge in [0.05, 0.1) is 5.92 Å². The Hall–Kier alpha value is -2.18. The molecule has 0 spiro atoms. The van der Waals surface area contributed by atoms with Crippen LogP contribution in [0.15, 0.2) is 12.4 Å². The van der Waals surface area contributed by atoms with E-state index in [1.54, 1.807) is 20.8 Å². The Morgan fingerprint density at radius 2 is 1.95 bits per heavy atom. The van der Waals surface area contributed by atoms with Crippen LogP contribution in [0.3, 0.4) is 0 Å². The number of nitrogens with one attached hydrogen (secondary N) is 1. The standard InChI is InChI=1S/C13H17N3O4/c1-13(2,3)20-12(19)16-11-14-5-7(6-15-11)8-4-9(8)10(17)18/h5-6,8-9H,4H2,1-3H3,(H,17,18)(H,14,15,16,19)/t8-,9+/m0/s1. The van der Waals surface area contributed by atoms with Crippen LogP contribution >= 0.6 is 0 Å². The van der Waals surface area contributed by atoms with Gasteiger partial charge in [-0.2, -0.15) is 0 Å². The number of hydrogen-bond acceptors (Lipinski definition) is 5. The van der Waals surface area contributed by atoms with Crippen molar-refractivity contribution < 1.29 is 19.4 Å². The number of aromatic nitrogens is 2. The number of anilines is 1. The highest BCUT2D eigenvalue weighted by Crippen LogP contribution is 2.47. The Balaban J connectivity index is 1.93. The molecule has 0 radical (unpaired) electrons. The second-order valence-electron chi connectivity index (χ2n) is 5.75. The van der Waals surface area contributed by atoms with Gasteiger partial charge in [-0.3, -0.25) is 10.1 Å². The number of carboxylic acid groups (broad SMARTS) is 1. The molecule has 0 aliphatic heterocycles. The zero-order valence-electron chi connectivity index (χ0n) is 11.6. The molecule has 0 bridgehead atoms. The molecule has 20 heavy (non-hydrogen) atoms. The molecule has 7 nitrogen and oxygen atoms in total. The fourth-order valence-electron chi connectivity index (χ4n) is 1.83. The number of aliphatic carboxylic acids is 1. The minimum Gasteiger partial charge on any atom is -0.481 e. The molecule has 0 unspecified atom stereocenters. The number of carbonyl (C=O) groups is 2. The maximum Gasteiger partial charge on any atom is 0.414 e. The number of rotatable bonds is 3. The minimum absolute atomic E-state index is 0.0249. The summed E-state index contributed by atoms with van der Waals surface area (Å²) < 4.78 is 5.07. The van der Waals surface area contributed by atoms with E-state index in [1.165, 1.54) is 12.4 Å². The van der Waals surface area contributed by atoms with Crippen LogP contribution in [0.5, 0.6) is 0 Å². The Kier molecular flexibility index (Phi) is 3.61. The molecule has 1 aliphatic rings. The van der Waals surface area contributed by atoms with Gasteiger partial charge in [0.1, 0.15) is 5.60 Å². The summed E-state index contributed by atoms with van der Waals surface area (Å²) in [6, 6.07) is 0. The van der Waals surface area contributed by atoms with Crippen molar-refractivity contribution in [2.24, 2.45) is 5.92 Å². The van der Waals surface area contributed by atoms with Crippen LogP contribution in [0, 0.1) is 5.92 Å². The number of carbonyl (C=O) groups excluding carboxylic acids is 1. The minimum atomic E-state index is -0.800. The number of hydrogen-bond donors (Lipinski definition) is 2. The maximum atomic E-state index is 11.5. The van der Waals surface area contributed by atoms with Crippen LogP contribution in [0.4, 0.5) is 10.7 Å². The van der Waals surface area contributed by atoms with Crippen molar-refractivity contribution in [3.05, 3.63) is 18.0 Å². The molecule has 2 N–H and O–H groups in total. The third-order valence-corrected chi connectivity index (χ3v) is 2.82. The average Bonchev–Trinajstić information content (AvgIpc) is 3.07. The molecule has 2 atom stereocenters. The van der Waals surface area contributed by atoms with E-state index in [0.717, 1.165) is 5.56 Å². The second-order valence-corrected chi connectivity index (χ2v) is 5.75. The van der Waals surface area contributed by atoms with Crippen molar-refractivity contribution in [1.82, 2.24) is 9.97 Å². The lowest BCUT2D eigenvalue weighted by Crippen LogP contribution is -2.27. The monoisotopic (exact) mass is 279 g/mol. The van der Waals surface area contributed by atoms with Crippen molar-refractivity contribution in [1.29, 1.82) is 0 Å². The smallest absolute Gasteiger partial charge is 0.414 e. The summed E-state index contributed by atoms with van der Waals surface area (Å²) in [6.07, 6.45) is 3.05. The van der Waals surface area contributed by atoms with Crippen LogP contribution in [0.25, 0.3) is 0 Å². The van der Waals surface area contributed by atoms with Crippen molar-refractivity contribution in [2.75, 3.05) is 5.32 Å². The third kappa shape index (κ3) is 3.66. The van der Waals surface area contributed by atoms with Crippen molar-refractivity contribution >= 4 is 18.0 Å². The molecule has 1 fully saturated rings. The van der Waals surface area contributed by atoms with Gasteiger partial charge in [-0.05, 0) is 32.8 Å². The summed E-state index contributed by atoms with van der Waals surface area (Å²) in [4.78, 5) is 30.3. The largest absolute Gasteiger partial charge is 0.481 e. The SMILES string of the molecule is CC(C)(C)OC(=O)Nc1ncc([C@@H]2C[C@H]2C(=O)O)cn1. The third-order valence-electron chi connectivity index (χ3n) is 2.82. The topological polar surface area (TPSA) is 101 Å². The first-order chi connectivity index (χ1) is 9.26. The van der Waals surface area contributed by atoms with Gasteiger partial charge in [0, 0.05) is 18.3 Å². The zero-order chi connectivity index (χ0) is 14.9. The first kappa shape index (κ1) is 14.2. The van der Waals surface area contributed by atoms with Crippen LogP contribution in [-0.2, 0) is 9.53 Å². The fourth-order valence-corrected chi connectivity index (χ4v) is 1.83. The zero-order valence-corrected chi connectivity index (χ0v) is 11.6. The molecule has 1 aromatic heterocycles. The Morgan fingerprint density at radius 1 is 1.35 bits per heavy atom. The molecule has 7 heteroatoms. The van der Waals surface area contributed by atoms with E-state index < -0.39 is 17.7 Å². The quantitative estimate of drug-likeness (QED) is 0.877. The maximum absolute atomic E-state index is 11.5. The Bertz CT molecular complexity index is 521. The second kappa shape index (κ2) is 5.07. The van der Waals surface area contributed by atoms with E-state index in [4.69, 9.17) is 9.84 Å². The van der Waals surface area contributed by atoms with Gasteiger partial charge >= 0.3 is 12.1 Å². The van der Waals surface area contributed by atoms with E-state index in [-0.39, 0.29) is 17.8 Å². The summed E-state index contributed by atoms with van der Waals surface area (Å²) in [5.41, 5.74) is 0.180.